The Hall–Kier alpha value is -1.03. The first-order valence-electron chi connectivity index (χ1n) is 4.71. The van der Waals surface area contributed by atoms with Gasteiger partial charge in [-0.15, -0.1) is 6.58 Å². The lowest BCUT2D eigenvalue weighted by Crippen LogP contribution is -2.39. The van der Waals surface area contributed by atoms with Crippen molar-refractivity contribution in [2.45, 2.75) is 12.5 Å². The Morgan fingerprint density at radius 2 is 2.13 bits per heavy atom. The summed E-state index contributed by atoms with van der Waals surface area (Å²) in [7, 11) is 0. The number of nitrogens with two attached hydrogens (primary N) is 1. The highest BCUT2D eigenvalue weighted by atomic mass is 35.5. The molecule has 1 aromatic carbocycles. The van der Waals surface area contributed by atoms with Crippen molar-refractivity contribution < 1.29 is 4.74 Å². The fourth-order valence-corrected chi connectivity index (χ4v) is 1.24. The molecule has 0 aromatic heterocycles. The standard InChI is InChI=1S/C11H15ClN2O/c1-2-3-10(14-13)8-15-11-6-4-9(12)5-7-11/h2,4-7,10,14H,1,3,8,13H2. The van der Waals surface area contributed by atoms with Crippen molar-refractivity contribution in [3.63, 3.8) is 0 Å². The Morgan fingerprint density at radius 1 is 1.47 bits per heavy atom. The molecule has 15 heavy (non-hydrogen) atoms. The van der Waals surface area contributed by atoms with E-state index < -0.39 is 0 Å². The van der Waals surface area contributed by atoms with Crippen LogP contribution in [0.4, 0.5) is 0 Å². The maximum Gasteiger partial charge on any atom is 0.119 e. The van der Waals surface area contributed by atoms with Crippen molar-refractivity contribution >= 4 is 11.6 Å². The molecular weight excluding hydrogens is 212 g/mol. The van der Waals surface area contributed by atoms with Gasteiger partial charge in [0.1, 0.15) is 12.4 Å². The Morgan fingerprint density at radius 3 is 2.67 bits per heavy atom. The first kappa shape index (κ1) is 12.0. The predicted molar refractivity (Wildman–Crippen MR) is 62.9 cm³/mol. The van der Waals surface area contributed by atoms with Gasteiger partial charge < -0.3 is 4.74 Å². The zero-order valence-corrected chi connectivity index (χ0v) is 9.20. The van der Waals surface area contributed by atoms with Crippen LogP contribution in [-0.4, -0.2) is 12.6 Å². The summed E-state index contributed by atoms with van der Waals surface area (Å²) in [5.74, 6) is 6.13. The molecule has 0 amide bonds. The van der Waals surface area contributed by atoms with Gasteiger partial charge in [0.05, 0.1) is 6.04 Å². The van der Waals surface area contributed by atoms with E-state index in [4.69, 9.17) is 22.2 Å². The van der Waals surface area contributed by atoms with Crippen LogP contribution in [0.1, 0.15) is 6.42 Å². The summed E-state index contributed by atoms with van der Waals surface area (Å²) in [6, 6.07) is 7.30. The number of hydrazine groups is 1. The Bertz CT molecular complexity index is 300. The third-order valence-electron chi connectivity index (χ3n) is 1.95. The Balaban J connectivity index is 2.41. The van der Waals surface area contributed by atoms with Crippen molar-refractivity contribution in [3.05, 3.63) is 41.9 Å². The van der Waals surface area contributed by atoms with Crippen LogP contribution in [0.25, 0.3) is 0 Å². The van der Waals surface area contributed by atoms with E-state index in [1.54, 1.807) is 18.2 Å². The minimum absolute atomic E-state index is 0.0816. The van der Waals surface area contributed by atoms with E-state index >= 15 is 0 Å². The molecule has 0 spiro atoms. The van der Waals surface area contributed by atoms with Gasteiger partial charge in [0.15, 0.2) is 0 Å². The second-order valence-corrected chi connectivity index (χ2v) is 3.59. The number of halogens is 1. The molecule has 0 aliphatic carbocycles. The van der Waals surface area contributed by atoms with E-state index in [1.807, 2.05) is 12.1 Å². The third kappa shape index (κ3) is 4.34. The molecule has 0 saturated heterocycles. The van der Waals surface area contributed by atoms with Crippen LogP contribution in [0.15, 0.2) is 36.9 Å². The minimum atomic E-state index is 0.0816. The number of rotatable bonds is 6. The lowest BCUT2D eigenvalue weighted by Gasteiger charge is -2.14. The second-order valence-electron chi connectivity index (χ2n) is 3.15. The maximum atomic E-state index is 5.75. The maximum absolute atomic E-state index is 5.75. The Labute approximate surface area is 94.8 Å². The minimum Gasteiger partial charge on any atom is -0.492 e. The van der Waals surface area contributed by atoms with E-state index in [0.717, 1.165) is 12.2 Å². The molecule has 0 fully saturated rings. The molecule has 3 nitrogen and oxygen atoms in total. The molecule has 0 aliphatic rings. The number of ether oxygens (including phenoxy) is 1. The van der Waals surface area contributed by atoms with Crippen molar-refractivity contribution in [2.24, 2.45) is 5.84 Å². The van der Waals surface area contributed by atoms with Crippen molar-refractivity contribution in [1.82, 2.24) is 5.43 Å². The number of nitrogens with one attached hydrogen (secondary N) is 1. The lowest BCUT2D eigenvalue weighted by atomic mass is 10.2. The summed E-state index contributed by atoms with van der Waals surface area (Å²) in [6.07, 6.45) is 2.57. The lowest BCUT2D eigenvalue weighted by molar-refractivity contribution is 0.266. The molecule has 1 atom stereocenters. The molecule has 4 heteroatoms. The molecule has 1 aromatic rings. The van der Waals surface area contributed by atoms with Crippen LogP contribution in [0.3, 0.4) is 0 Å². The van der Waals surface area contributed by atoms with Crippen LogP contribution < -0.4 is 16.0 Å². The highest BCUT2D eigenvalue weighted by molar-refractivity contribution is 6.30. The molecule has 0 saturated carbocycles. The van der Waals surface area contributed by atoms with Crippen LogP contribution in [0.5, 0.6) is 5.75 Å². The van der Waals surface area contributed by atoms with Gasteiger partial charge in [0.25, 0.3) is 0 Å². The second kappa shape index (κ2) is 6.45. The average molecular weight is 227 g/mol. The number of benzene rings is 1. The highest BCUT2D eigenvalue weighted by Gasteiger charge is 2.04. The highest BCUT2D eigenvalue weighted by Crippen LogP contribution is 2.15. The van der Waals surface area contributed by atoms with Gasteiger partial charge in [-0.2, -0.15) is 0 Å². The molecule has 3 N–H and O–H groups in total. The van der Waals surface area contributed by atoms with E-state index in [-0.39, 0.29) is 6.04 Å². The third-order valence-corrected chi connectivity index (χ3v) is 2.20. The van der Waals surface area contributed by atoms with Crippen LogP contribution >= 0.6 is 11.6 Å². The zero-order valence-electron chi connectivity index (χ0n) is 8.45. The van der Waals surface area contributed by atoms with E-state index in [0.29, 0.717) is 11.6 Å². The fourth-order valence-electron chi connectivity index (χ4n) is 1.11. The fraction of sp³-hybridized carbons (Fsp3) is 0.273. The largest absolute Gasteiger partial charge is 0.492 e. The predicted octanol–water partition coefficient (Wildman–Crippen LogP) is 2.13. The summed E-state index contributed by atoms with van der Waals surface area (Å²) in [5.41, 5.74) is 2.66. The summed E-state index contributed by atoms with van der Waals surface area (Å²) >= 11 is 5.75. The molecule has 1 unspecified atom stereocenters. The average Bonchev–Trinajstić information content (AvgIpc) is 2.26. The van der Waals surface area contributed by atoms with Crippen LogP contribution in [-0.2, 0) is 0 Å². The summed E-state index contributed by atoms with van der Waals surface area (Å²) < 4.78 is 5.52. The molecule has 0 bridgehead atoms. The van der Waals surface area contributed by atoms with Gasteiger partial charge in [-0.1, -0.05) is 17.7 Å². The van der Waals surface area contributed by atoms with Crippen LogP contribution in [0, 0.1) is 0 Å². The monoisotopic (exact) mass is 226 g/mol. The van der Waals surface area contributed by atoms with E-state index in [1.165, 1.54) is 0 Å². The quantitative estimate of drug-likeness (QED) is 0.444. The number of hydrogen-bond acceptors (Lipinski definition) is 3. The van der Waals surface area contributed by atoms with Gasteiger partial charge in [0, 0.05) is 5.02 Å². The molecular formula is C11H15ClN2O. The summed E-state index contributed by atoms with van der Waals surface area (Å²) in [5, 5.41) is 0.696. The van der Waals surface area contributed by atoms with Gasteiger partial charge in [-0.05, 0) is 30.7 Å². The van der Waals surface area contributed by atoms with E-state index in [2.05, 4.69) is 12.0 Å². The van der Waals surface area contributed by atoms with Gasteiger partial charge in [-0.25, -0.2) is 0 Å². The first-order valence-corrected chi connectivity index (χ1v) is 5.09. The molecule has 82 valence electrons. The van der Waals surface area contributed by atoms with E-state index in [9.17, 15) is 0 Å². The molecule has 0 aliphatic heterocycles. The van der Waals surface area contributed by atoms with Gasteiger partial charge in [0.2, 0.25) is 0 Å². The normalized spacial score (nSPS) is 12.1. The smallest absolute Gasteiger partial charge is 0.119 e. The summed E-state index contributed by atoms with van der Waals surface area (Å²) in [6.45, 7) is 4.15. The molecule has 1 rings (SSSR count). The topological polar surface area (TPSA) is 47.3 Å². The SMILES string of the molecule is C=CCC(COc1ccc(Cl)cc1)NN. The Kier molecular flexibility index (Phi) is 5.18. The van der Waals surface area contributed by atoms with Crippen molar-refractivity contribution in [3.8, 4) is 5.75 Å². The van der Waals surface area contributed by atoms with Crippen LogP contribution in [0.2, 0.25) is 5.02 Å². The first-order chi connectivity index (χ1) is 7.26. The number of hydrogen-bond donors (Lipinski definition) is 2. The molecule has 0 heterocycles. The zero-order chi connectivity index (χ0) is 11.1. The summed E-state index contributed by atoms with van der Waals surface area (Å²) in [4.78, 5) is 0. The molecule has 0 radical (unpaired) electrons. The van der Waals surface area contributed by atoms with Crippen molar-refractivity contribution in [2.75, 3.05) is 6.61 Å². The van der Waals surface area contributed by atoms with Gasteiger partial charge in [-0.3, -0.25) is 11.3 Å². The van der Waals surface area contributed by atoms with Gasteiger partial charge >= 0.3 is 0 Å². The van der Waals surface area contributed by atoms with Crippen molar-refractivity contribution in [1.29, 1.82) is 0 Å².